The van der Waals surface area contributed by atoms with Gasteiger partial charge in [0.05, 0.1) is 23.7 Å². The second kappa shape index (κ2) is 12.8. The third-order valence-electron chi connectivity index (χ3n) is 5.81. The summed E-state index contributed by atoms with van der Waals surface area (Å²) >= 11 is 0. The van der Waals surface area contributed by atoms with E-state index in [0.717, 1.165) is 5.56 Å². The van der Waals surface area contributed by atoms with Crippen LogP contribution in [0.5, 0.6) is 0 Å². The van der Waals surface area contributed by atoms with Crippen molar-refractivity contribution in [3.63, 3.8) is 0 Å². The summed E-state index contributed by atoms with van der Waals surface area (Å²) < 4.78 is 39.0. The van der Waals surface area contributed by atoms with Gasteiger partial charge in [0.15, 0.2) is 0 Å². The Hall–Kier alpha value is -2.05. The number of benzene rings is 2. The molecule has 5 N–H and O–H groups in total. The molecule has 0 bridgehead atoms. The predicted octanol–water partition coefficient (Wildman–Crippen LogP) is 1.56. The fourth-order valence-corrected chi connectivity index (χ4v) is 5.62. The number of nitrogens with one attached hydrogen (secondary N) is 1. The zero-order valence-corrected chi connectivity index (χ0v) is 21.1. The number of sulfonamides is 1. The number of nitrogens with zero attached hydrogens (tertiary/aromatic N) is 1. The van der Waals surface area contributed by atoms with Gasteiger partial charge in [0.2, 0.25) is 16.4 Å². The molecule has 0 spiro atoms. The Morgan fingerprint density at radius 2 is 1.80 bits per heavy atom. The quantitative estimate of drug-likeness (QED) is 0.237. The maximum absolute atomic E-state index is 13.4. The minimum absolute atomic E-state index is 0.0302. The molecule has 1 aliphatic rings. The monoisotopic (exact) mass is 507 g/mol. The number of aliphatic hydroxyl groups is 2. The molecular weight excluding hydrogens is 470 g/mol. The van der Waals surface area contributed by atoms with Gasteiger partial charge in [-0.15, -0.1) is 0 Å². The van der Waals surface area contributed by atoms with Crippen molar-refractivity contribution >= 4 is 15.7 Å². The Morgan fingerprint density at radius 3 is 2.40 bits per heavy atom. The van der Waals surface area contributed by atoms with Gasteiger partial charge in [0.25, 0.3) is 0 Å². The van der Waals surface area contributed by atoms with E-state index in [4.69, 9.17) is 15.2 Å². The molecule has 0 aliphatic carbocycles. The molecule has 2 aromatic rings. The number of nitrogen functional groups attached to an aromatic ring is 1. The minimum atomic E-state index is -3.88. The summed E-state index contributed by atoms with van der Waals surface area (Å²) in [6, 6.07) is 14.8. The summed E-state index contributed by atoms with van der Waals surface area (Å²) in [5.74, 6) is 0.0302. The highest BCUT2D eigenvalue weighted by Crippen LogP contribution is 2.20. The maximum atomic E-state index is 13.4. The number of aliphatic hydroxyl groups excluding tert-OH is 2. The lowest BCUT2D eigenvalue weighted by Gasteiger charge is -2.32. The Balaban J connectivity index is 1.79. The molecule has 1 unspecified atom stereocenters. The van der Waals surface area contributed by atoms with Gasteiger partial charge >= 0.3 is 0 Å². The molecule has 3 rings (SSSR count). The van der Waals surface area contributed by atoms with Crippen LogP contribution < -0.4 is 11.1 Å². The van der Waals surface area contributed by atoms with Gasteiger partial charge in [-0.25, -0.2) is 8.42 Å². The van der Waals surface area contributed by atoms with Crippen LogP contribution in [-0.2, 0) is 25.9 Å². The van der Waals surface area contributed by atoms with E-state index in [2.05, 4.69) is 5.32 Å². The Morgan fingerprint density at radius 1 is 1.11 bits per heavy atom. The van der Waals surface area contributed by atoms with Crippen molar-refractivity contribution < 1.29 is 28.1 Å². The fourth-order valence-electron chi connectivity index (χ4n) is 4.00. The summed E-state index contributed by atoms with van der Waals surface area (Å²) in [5.41, 5.74) is 7.12. The average Bonchev–Trinajstić information content (AvgIpc) is 3.31. The molecular formula is C25H37N3O6S. The minimum Gasteiger partial charge on any atom is -0.399 e. The van der Waals surface area contributed by atoms with E-state index in [-0.39, 0.29) is 30.0 Å². The highest BCUT2D eigenvalue weighted by Gasteiger charge is 2.32. The zero-order valence-electron chi connectivity index (χ0n) is 20.3. The lowest BCUT2D eigenvalue weighted by molar-refractivity contribution is -0.162. The smallest absolute Gasteiger partial charge is 0.243 e. The molecule has 0 saturated carbocycles. The second-order valence-corrected chi connectivity index (χ2v) is 11.2. The molecule has 0 radical (unpaired) electrons. The molecule has 9 nitrogen and oxygen atoms in total. The van der Waals surface area contributed by atoms with E-state index in [1.54, 1.807) is 0 Å². The van der Waals surface area contributed by atoms with Crippen LogP contribution in [-0.4, -0.2) is 73.9 Å². The van der Waals surface area contributed by atoms with E-state index < -0.39 is 28.6 Å². The summed E-state index contributed by atoms with van der Waals surface area (Å²) in [4.78, 5) is 0.108. The van der Waals surface area contributed by atoms with E-state index in [1.807, 2.05) is 44.2 Å². The first-order valence-corrected chi connectivity index (χ1v) is 13.3. The SMILES string of the molecule is CC(C)CN(C[C@@H](O)[C@H](Cc1ccccc1)NC(O)O[C@H]1CCOC1)S(=O)(=O)c1ccc(N)cc1. The zero-order chi connectivity index (χ0) is 25.4. The Labute approximate surface area is 207 Å². The third-order valence-corrected chi connectivity index (χ3v) is 7.65. The van der Waals surface area contributed by atoms with Crippen molar-refractivity contribution in [3.05, 3.63) is 60.2 Å². The maximum Gasteiger partial charge on any atom is 0.243 e. The van der Waals surface area contributed by atoms with E-state index >= 15 is 0 Å². The molecule has 0 amide bonds. The average molecular weight is 508 g/mol. The lowest BCUT2D eigenvalue weighted by atomic mass is 10.0. The van der Waals surface area contributed by atoms with Gasteiger partial charge in [0.1, 0.15) is 0 Å². The number of rotatable bonds is 13. The topological polar surface area (TPSA) is 134 Å². The molecule has 1 heterocycles. The summed E-state index contributed by atoms with van der Waals surface area (Å²) in [6.07, 6.45) is -1.67. The first-order valence-electron chi connectivity index (χ1n) is 11.9. The largest absolute Gasteiger partial charge is 0.399 e. The van der Waals surface area contributed by atoms with Crippen LogP contribution in [0.3, 0.4) is 0 Å². The van der Waals surface area contributed by atoms with Crippen molar-refractivity contribution in [2.45, 2.75) is 56.2 Å². The molecule has 10 heteroatoms. The Kier molecular flexibility index (Phi) is 10.0. The van der Waals surface area contributed by atoms with Gasteiger partial charge in [-0.2, -0.15) is 4.31 Å². The standard InChI is InChI=1S/C25H37N3O6S/c1-18(2)15-28(35(31,32)22-10-8-20(26)9-11-22)16-24(29)23(14-19-6-4-3-5-7-19)27-25(30)34-21-12-13-33-17-21/h3-11,18,21,23-25,27,29-30H,12-17,26H2,1-2H3/t21-,23-,24+,25?/m0/s1. The highest BCUT2D eigenvalue weighted by molar-refractivity contribution is 7.89. The molecule has 194 valence electrons. The van der Waals surface area contributed by atoms with Crippen LogP contribution in [0.4, 0.5) is 5.69 Å². The number of nitrogens with two attached hydrogens (primary N) is 1. The van der Waals surface area contributed by atoms with Gasteiger partial charge in [-0.3, -0.25) is 5.32 Å². The number of ether oxygens (including phenoxy) is 2. The summed E-state index contributed by atoms with van der Waals surface area (Å²) in [5, 5.41) is 24.7. The number of anilines is 1. The molecule has 1 saturated heterocycles. The second-order valence-electron chi connectivity index (χ2n) is 9.29. The van der Waals surface area contributed by atoms with E-state index in [9.17, 15) is 18.6 Å². The van der Waals surface area contributed by atoms with Crippen LogP contribution in [0.15, 0.2) is 59.5 Å². The van der Waals surface area contributed by atoms with E-state index in [0.29, 0.717) is 31.7 Å². The van der Waals surface area contributed by atoms with Gasteiger partial charge < -0.3 is 25.4 Å². The van der Waals surface area contributed by atoms with Crippen molar-refractivity contribution in [2.75, 3.05) is 32.0 Å². The van der Waals surface area contributed by atoms with Crippen LogP contribution in [0.25, 0.3) is 0 Å². The molecule has 35 heavy (non-hydrogen) atoms. The molecule has 0 aromatic heterocycles. The van der Waals surface area contributed by atoms with Crippen molar-refractivity contribution in [1.82, 2.24) is 9.62 Å². The van der Waals surface area contributed by atoms with Gasteiger partial charge in [-0.1, -0.05) is 44.2 Å². The number of hydrogen-bond donors (Lipinski definition) is 4. The van der Waals surface area contributed by atoms with Crippen LogP contribution in [0.1, 0.15) is 25.8 Å². The molecule has 4 atom stereocenters. The van der Waals surface area contributed by atoms with Gasteiger partial charge in [0, 0.05) is 31.4 Å². The molecule has 2 aromatic carbocycles. The van der Waals surface area contributed by atoms with E-state index in [1.165, 1.54) is 28.6 Å². The van der Waals surface area contributed by atoms with Crippen molar-refractivity contribution in [1.29, 1.82) is 0 Å². The lowest BCUT2D eigenvalue weighted by Crippen LogP contribution is -2.53. The first-order chi connectivity index (χ1) is 16.6. The normalized spacial score (nSPS) is 19.2. The third kappa shape index (κ3) is 8.25. The van der Waals surface area contributed by atoms with Crippen LogP contribution in [0, 0.1) is 5.92 Å². The summed E-state index contributed by atoms with van der Waals surface area (Å²) in [6.45, 7) is 4.86. The fraction of sp³-hybridized carbons (Fsp3) is 0.520. The van der Waals surface area contributed by atoms with Crippen LogP contribution in [0.2, 0.25) is 0 Å². The highest BCUT2D eigenvalue weighted by atomic mass is 32.2. The summed E-state index contributed by atoms with van der Waals surface area (Å²) in [7, 11) is -3.88. The Bertz CT molecular complexity index is 998. The van der Waals surface area contributed by atoms with Crippen LogP contribution >= 0.6 is 0 Å². The predicted molar refractivity (Wildman–Crippen MR) is 134 cm³/mol. The molecule has 1 fully saturated rings. The van der Waals surface area contributed by atoms with Crippen molar-refractivity contribution in [2.24, 2.45) is 5.92 Å². The van der Waals surface area contributed by atoms with Crippen molar-refractivity contribution in [3.8, 4) is 0 Å². The van der Waals surface area contributed by atoms with Gasteiger partial charge in [-0.05, 0) is 48.6 Å². The number of hydrogen-bond acceptors (Lipinski definition) is 8. The molecule has 1 aliphatic heterocycles. The first kappa shape index (κ1) is 27.5.